The molecule has 2 aromatic carbocycles. The highest BCUT2D eigenvalue weighted by molar-refractivity contribution is 7.14. The summed E-state index contributed by atoms with van der Waals surface area (Å²) in [4.78, 5) is 31.9. The number of carboxylic acid groups (broad SMARTS) is 1. The van der Waals surface area contributed by atoms with Crippen LogP contribution in [0.25, 0.3) is 22.3 Å². The average molecular weight is 609 g/mol. The third kappa shape index (κ3) is 5.81. The lowest BCUT2D eigenvalue weighted by Crippen LogP contribution is -2.31. The minimum absolute atomic E-state index is 0.0475. The highest BCUT2D eigenvalue weighted by Crippen LogP contribution is 2.29. The van der Waals surface area contributed by atoms with Crippen LogP contribution in [0.3, 0.4) is 0 Å². The fourth-order valence-corrected chi connectivity index (χ4v) is 5.61. The van der Waals surface area contributed by atoms with Gasteiger partial charge in [-0.05, 0) is 54.4 Å². The van der Waals surface area contributed by atoms with E-state index in [9.17, 15) is 19.1 Å². The molecule has 0 aliphatic carbocycles. The van der Waals surface area contributed by atoms with Crippen molar-refractivity contribution in [1.29, 1.82) is 0 Å². The summed E-state index contributed by atoms with van der Waals surface area (Å²) in [6.07, 6.45) is 0.691. The fraction of sp³-hybridized carbons (Fsp3) is 0.200. The maximum atomic E-state index is 15.4. The number of aromatic nitrogens is 3. The molecule has 0 spiro atoms. The number of nitrogens with two attached hydrogens (primary N) is 1. The Kier molecular flexibility index (Phi) is 7.59. The van der Waals surface area contributed by atoms with Gasteiger partial charge in [0.15, 0.2) is 0 Å². The molecule has 1 amide bonds. The van der Waals surface area contributed by atoms with Gasteiger partial charge in [0.1, 0.15) is 34.8 Å². The summed E-state index contributed by atoms with van der Waals surface area (Å²) >= 11 is 0.854. The molecule has 5 aromatic rings. The van der Waals surface area contributed by atoms with E-state index in [1.807, 2.05) is 0 Å². The molecule has 0 unspecified atom stereocenters. The SMILES string of the molecule is NC(=O)c1sc(COc2cccc(-c3cc(F)c(Cc4nc5ccc(C(=O)O)cc5n4C[C@@H]4CCO4)cc3F)n2)cc1F. The zero-order valence-corrected chi connectivity index (χ0v) is 23.2. The van der Waals surface area contributed by atoms with Crippen molar-refractivity contribution in [3.05, 3.63) is 98.8 Å². The molecule has 1 saturated heterocycles. The highest BCUT2D eigenvalue weighted by atomic mass is 32.1. The van der Waals surface area contributed by atoms with Crippen LogP contribution in [0.2, 0.25) is 0 Å². The Hall–Kier alpha value is -4.75. The molecule has 1 atom stereocenters. The first kappa shape index (κ1) is 28.4. The molecule has 0 saturated carbocycles. The van der Waals surface area contributed by atoms with Crippen molar-refractivity contribution >= 4 is 34.2 Å². The molecular formula is C30H23F3N4O5S. The van der Waals surface area contributed by atoms with Gasteiger partial charge in [-0.2, -0.15) is 0 Å². The fourth-order valence-electron chi connectivity index (χ4n) is 4.81. The normalized spacial score (nSPS) is 14.5. The molecule has 43 heavy (non-hydrogen) atoms. The number of fused-ring (bicyclic) bond motifs is 1. The van der Waals surface area contributed by atoms with E-state index in [1.165, 1.54) is 24.3 Å². The predicted molar refractivity (Wildman–Crippen MR) is 151 cm³/mol. The van der Waals surface area contributed by atoms with Crippen LogP contribution in [0.5, 0.6) is 5.88 Å². The van der Waals surface area contributed by atoms with Crippen molar-refractivity contribution < 1.29 is 37.3 Å². The van der Waals surface area contributed by atoms with Crippen LogP contribution in [0.15, 0.2) is 54.6 Å². The van der Waals surface area contributed by atoms with Crippen molar-refractivity contribution in [3.63, 3.8) is 0 Å². The van der Waals surface area contributed by atoms with Gasteiger partial charge in [0.2, 0.25) is 5.88 Å². The lowest BCUT2D eigenvalue weighted by molar-refractivity contribution is -0.0589. The Morgan fingerprint density at radius 2 is 1.88 bits per heavy atom. The van der Waals surface area contributed by atoms with E-state index in [4.69, 9.17) is 15.2 Å². The minimum atomic E-state index is -1.08. The Balaban J connectivity index is 1.26. The number of nitrogens with zero attached hydrogens (tertiary/aromatic N) is 3. The number of imidazole rings is 1. The van der Waals surface area contributed by atoms with E-state index < -0.39 is 29.3 Å². The molecule has 220 valence electrons. The highest BCUT2D eigenvalue weighted by Gasteiger charge is 2.24. The number of amides is 1. The first-order valence-electron chi connectivity index (χ1n) is 13.2. The molecule has 1 aliphatic heterocycles. The smallest absolute Gasteiger partial charge is 0.335 e. The van der Waals surface area contributed by atoms with Gasteiger partial charge in [0.25, 0.3) is 5.91 Å². The summed E-state index contributed by atoms with van der Waals surface area (Å²) in [5.41, 5.74) is 6.43. The number of hydrogen-bond acceptors (Lipinski definition) is 7. The third-order valence-electron chi connectivity index (χ3n) is 7.06. The van der Waals surface area contributed by atoms with Crippen LogP contribution < -0.4 is 10.5 Å². The Morgan fingerprint density at radius 1 is 1.07 bits per heavy atom. The maximum absolute atomic E-state index is 15.4. The topological polar surface area (TPSA) is 130 Å². The first-order valence-corrected chi connectivity index (χ1v) is 14.0. The molecule has 1 aliphatic rings. The largest absolute Gasteiger partial charge is 0.478 e. The number of rotatable bonds is 10. The Labute approximate surface area is 246 Å². The van der Waals surface area contributed by atoms with Crippen LogP contribution in [0.1, 0.15) is 42.7 Å². The van der Waals surface area contributed by atoms with Crippen molar-refractivity contribution in [2.75, 3.05) is 6.61 Å². The number of carbonyl (C=O) groups is 2. The molecule has 3 aromatic heterocycles. The Bertz CT molecular complexity index is 1890. The number of aromatic carboxylic acids is 1. The second-order valence-corrected chi connectivity index (χ2v) is 11.1. The van der Waals surface area contributed by atoms with E-state index in [0.717, 1.165) is 36.0 Å². The predicted octanol–water partition coefficient (Wildman–Crippen LogP) is 5.33. The number of thiophene rings is 1. The summed E-state index contributed by atoms with van der Waals surface area (Å²) in [6.45, 7) is 0.912. The van der Waals surface area contributed by atoms with E-state index >= 15 is 8.78 Å². The summed E-state index contributed by atoms with van der Waals surface area (Å²) in [5, 5.41) is 9.44. The van der Waals surface area contributed by atoms with E-state index in [-0.39, 0.29) is 52.3 Å². The number of hydrogen-bond donors (Lipinski definition) is 2. The summed E-state index contributed by atoms with van der Waals surface area (Å²) in [6, 6.07) is 12.4. The van der Waals surface area contributed by atoms with Crippen molar-refractivity contribution in [2.24, 2.45) is 5.73 Å². The lowest BCUT2D eigenvalue weighted by atomic mass is 10.0. The third-order valence-corrected chi connectivity index (χ3v) is 8.16. The number of carbonyl (C=O) groups excluding carboxylic acids is 1. The number of halogens is 3. The van der Waals surface area contributed by atoms with E-state index in [1.54, 1.807) is 16.7 Å². The first-order chi connectivity index (χ1) is 20.7. The summed E-state index contributed by atoms with van der Waals surface area (Å²) in [5.74, 6) is -3.58. The van der Waals surface area contributed by atoms with Gasteiger partial charge in [-0.25, -0.2) is 27.9 Å². The minimum Gasteiger partial charge on any atom is -0.478 e. The molecule has 0 radical (unpaired) electrons. The van der Waals surface area contributed by atoms with Gasteiger partial charge in [-0.1, -0.05) is 6.07 Å². The maximum Gasteiger partial charge on any atom is 0.335 e. The molecule has 1 fully saturated rings. The van der Waals surface area contributed by atoms with Gasteiger partial charge in [0.05, 0.1) is 34.9 Å². The quantitative estimate of drug-likeness (QED) is 0.219. The molecule has 3 N–H and O–H groups in total. The zero-order valence-electron chi connectivity index (χ0n) is 22.4. The van der Waals surface area contributed by atoms with E-state index in [0.29, 0.717) is 34.9 Å². The summed E-state index contributed by atoms with van der Waals surface area (Å²) < 4.78 is 57.6. The number of ether oxygens (including phenoxy) is 2. The van der Waals surface area contributed by atoms with Gasteiger partial charge in [-0.3, -0.25) is 4.79 Å². The standard InChI is InChI=1S/C30H23F3N4O5S/c31-20-12-19(23-2-1-3-27(36-23)42-14-18-11-22(33)28(43-18)29(34)38)21(32)8-16(20)10-26-35-24-5-4-15(30(39)40)9-25(24)37(26)13-17-6-7-41-17/h1-5,8-9,11-12,17H,6-7,10,13-14H2,(H2,34,38)(H,39,40)/t17-/m0/s1. The van der Waals surface area contributed by atoms with Crippen LogP contribution in [-0.2, 0) is 24.3 Å². The number of carboxylic acids is 1. The second-order valence-electron chi connectivity index (χ2n) is 9.93. The molecule has 6 rings (SSSR count). The molecular weight excluding hydrogens is 585 g/mol. The van der Waals surface area contributed by atoms with Crippen LogP contribution >= 0.6 is 11.3 Å². The molecule has 4 heterocycles. The van der Waals surface area contributed by atoms with Crippen LogP contribution in [0.4, 0.5) is 13.2 Å². The van der Waals surface area contributed by atoms with Crippen molar-refractivity contribution in [2.45, 2.75) is 32.1 Å². The zero-order chi connectivity index (χ0) is 30.2. The molecule has 0 bridgehead atoms. The number of primary amides is 1. The monoisotopic (exact) mass is 608 g/mol. The molecule has 13 heteroatoms. The van der Waals surface area contributed by atoms with Gasteiger partial charge in [-0.15, -0.1) is 11.3 Å². The number of benzene rings is 2. The van der Waals surface area contributed by atoms with Gasteiger partial charge in [0, 0.05) is 29.5 Å². The Morgan fingerprint density at radius 3 is 2.58 bits per heavy atom. The van der Waals surface area contributed by atoms with Gasteiger partial charge >= 0.3 is 5.97 Å². The van der Waals surface area contributed by atoms with Crippen molar-refractivity contribution in [3.8, 4) is 17.1 Å². The van der Waals surface area contributed by atoms with E-state index in [2.05, 4.69) is 9.97 Å². The van der Waals surface area contributed by atoms with Crippen molar-refractivity contribution in [1.82, 2.24) is 14.5 Å². The average Bonchev–Trinajstić information content (AvgIpc) is 3.50. The summed E-state index contributed by atoms with van der Waals surface area (Å²) in [7, 11) is 0. The second kappa shape index (κ2) is 11.5. The molecule has 9 nitrogen and oxygen atoms in total. The van der Waals surface area contributed by atoms with Gasteiger partial charge < -0.3 is 24.9 Å². The van der Waals surface area contributed by atoms with Crippen LogP contribution in [-0.4, -0.2) is 44.2 Å². The lowest BCUT2D eigenvalue weighted by Gasteiger charge is -2.27. The van der Waals surface area contributed by atoms with Crippen LogP contribution in [0, 0.1) is 17.5 Å². The number of pyridine rings is 1.